The van der Waals surface area contributed by atoms with Crippen LogP contribution in [0.3, 0.4) is 0 Å². The van der Waals surface area contributed by atoms with Crippen molar-refractivity contribution in [1.29, 1.82) is 0 Å². The van der Waals surface area contributed by atoms with Gasteiger partial charge in [0, 0.05) is 25.7 Å². The Labute approximate surface area is 62.2 Å². The predicted octanol–water partition coefficient (Wildman–Crippen LogP) is 0.625. The van der Waals surface area contributed by atoms with Gasteiger partial charge in [-0.15, -0.1) is 0 Å². The molecular formula is C7H17FN2. The summed E-state index contributed by atoms with van der Waals surface area (Å²) in [5.74, 6) is 0. The van der Waals surface area contributed by atoms with E-state index < -0.39 is 0 Å². The lowest BCUT2D eigenvalue weighted by molar-refractivity contribution is 0.208. The Kier molecular flexibility index (Phi) is 5.54. The third kappa shape index (κ3) is 3.80. The second kappa shape index (κ2) is 5.62. The van der Waals surface area contributed by atoms with Gasteiger partial charge in [-0.2, -0.15) is 0 Å². The Morgan fingerprint density at radius 1 is 1.40 bits per heavy atom. The molecule has 62 valence electrons. The first kappa shape index (κ1) is 9.85. The van der Waals surface area contributed by atoms with Gasteiger partial charge in [-0.1, -0.05) is 0 Å². The maximum Gasteiger partial charge on any atom is 0.102 e. The number of hydrogen-bond donors (Lipinski definition) is 1. The molecule has 0 unspecified atom stereocenters. The van der Waals surface area contributed by atoms with Crippen LogP contribution in [0.5, 0.6) is 0 Å². The van der Waals surface area contributed by atoms with Crippen molar-refractivity contribution in [3.05, 3.63) is 0 Å². The number of nitrogens with two attached hydrogens (primary N) is 1. The molecule has 0 spiro atoms. The maximum absolute atomic E-state index is 11.8. The number of alkyl halides is 1. The number of rotatable bonds is 5. The maximum atomic E-state index is 11.8. The first-order chi connectivity index (χ1) is 4.72. The molecule has 0 bridgehead atoms. The minimum absolute atomic E-state index is 0.280. The Balaban J connectivity index is 3.50. The first-order valence-electron chi connectivity index (χ1n) is 3.72. The molecule has 0 aliphatic heterocycles. The van der Waals surface area contributed by atoms with Gasteiger partial charge in [0.25, 0.3) is 0 Å². The van der Waals surface area contributed by atoms with Crippen molar-refractivity contribution < 1.29 is 4.39 Å². The van der Waals surface area contributed by atoms with Gasteiger partial charge in [0.05, 0.1) is 0 Å². The molecule has 0 aliphatic carbocycles. The summed E-state index contributed by atoms with van der Waals surface area (Å²) in [5, 5.41) is 0. The van der Waals surface area contributed by atoms with E-state index >= 15 is 0 Å². The summed E-state index contributed by atoms with van der Waals surface area (Å²) < 4.78 is 11.8. The van der Waals surface area contributed by atoms with Gasteiger partial charge in [-0.05, 0) is 13.8 Å². The normalized spacial score (nSPS) is 11.4. The highest BCUT2D eigenvalue weighted by Crippen LogP contribution is 1.95. The van der Waals surface area contributed by atoms with E-state index in [1.807, 2.05) is 18.7 Å². The van der Waals surface area contributed by atoms with Crippen molar-refractivity contribution in [2.75, 3.05) is 26.3 Å². The third-order valence-corrected chi connectivity index (χ3v) is 1.52. The second-order valence-corrected chi connectivity index (χ2v) is 2.61. The third-order valence-electron chi connectivity index (χ3n) is 1.52. The van der Waals surface area contributed by atoms with Crippen LogP contribution in [0, 0.1) is 0 Å². The number of nitrogens with zero attached hydrogens (tertiary/aromatic N) is 1. The Bertz CT molecular complexity index is 70.0. The second-order valence-electron chi connectivity index (χ2n) is 2.61. The quantitative estimate of drug-likeness (QED) is 0.619. The zero-order valence-electron chi connectivity index (χ0n) is 6.81. The fraction of sp³-hybridized carbons (Fsp3) is 1.00. The Morgan fingerprint density at radius 2 is 2.00 bits per heavy atom. The molecule has 2 N–H and O–H groups in total. The summed E-state index contributed by atoms with van der Waals surface area (Å²) in [5.41, 5.74) is 5.33. The summed E-state index contributed by atoms with van der Waals surface area (Å²) in [6, 6.07) is 0.402. The smallest absolute Gasteiger partial charge is 0.102 e. The Morgan fingerprint density at radius 3 is 2.30 bits per heavy atom. The van der Waals surface area contributed by atoms with Crippen LogP contribution in [0.2, 0.25) is 0 Å². The number of halogens is 1. The zero-order chi connectivity index (χ0) is 7.98. The van der Waals surface area contributed by atoms with E-state index in [0.29, 0.717) is 19.1 Å². The molecule has 10 heavy (non-hydrogen) atoms. The van der Waals surface area contributed by atoms with E-state index in [1.54, 1.807) is 0 Å². The average Bonchev–Trinajstić information content (AvgIpc) is 1.87. The fourth-order valence-electron chi connectivity index (χ4n) is 0.903. The van der Waals surface area contributed by atoms with Crippen LogP contribution in [0.25, 0.3) is 0 Å². The molecule has 0 aromatic heterocycles. The predicted molar refractivity (Wildman–Crippen MR) is 41.7 cm³/mol. The molecule has 0 aromatic carbocycles. The van der Waals surface area contributed by atoms with E-state index in [-0.39, 0.29) is 6.67 Å². The minimum Gasteiger partial charge on any atom is -0.329 e. The standard InChI is InChI=1S/C7H17FN2/c1-7(2)10(5-3-8)6-4-9/h7H,3-6,9H2,1-2H3. The largest absolute Gasteiger partial charge is 0.329 e. The lowest BCUT2D eigenvalue weighted by Gasteiger charge is -2.23. The van der Waals surface area contributed by atoms with Crippen LogP contribution >= 0.6 is 0 Å². The van der Waals surface area contributed by atoms with Gasteiger partial charge in [-0.25, -0.2) is 4.39 Å². The fourth-order valence-corrected chi connectivity index (χ4v) is 0.903. The van der Waals surface area contributed by atoms with E-state index in [2.05, 4.69) is 0 Å². The van der Waals surface area contributed by atoms with Crippen LogP contribution in [0.1, 0.15) is 13.8 Å². The van der Waals surface area contributed by atoms with Crippen LogP contribution in [0.4, 0.5) is 4.39 Å². The van der Waals surface area contributed by atoms with Crippen molar-refractivity contribution in [3.8, 4) is 0 Å². The molecule has 0 saturated heterocycles. The molecule has 0 aromatic rings. The van der Waals surface area contributed by atoms with Gasteiger partial charge in [0.2, 0.25) is 0 Å². The summed E-state index contributed by atoms with van der Waals surface area (Å²) in [7, 11) is 0. The van der Waals surface area contributed by atoms with Crippen molar-refractivity contribution in [2.24, 2.45) is 5.73 Å². The molecule has 0 atom stereocenters. The molecule has 0 heterocycles. The van der Waals surface area contributed by atoms with E-state index in [9.17, 15) is 4.39 Å². The topological polar surface area (TPSA) is 29.3 Å². The van der Waals surface area contributed by atoms with Crippen LogP contribution in [-0.2, 0) is 0 Å². The van der Waals surface area contributed by atoms with Crippen molar-refractivity contribution in [3.63, 3.8) is 0 Å². The molecule has 0 radical (unpaired) electrons. The molecule has 0 fully saturated rings. The highest BCUT2D eigenvalue weighted by molar-refractivity contribution is 4.61. The van der Waals surface area contributed by atoms with Crippen molar-refractivity contribution in [1.82, 2.24) is 4.90 Å². The van der Waals surface area contributed by atoms with E-state index in [4.69, 9.17) is 5.73 Å². The zero-order valence-corrected chi connectivity index (χ0v) is 6.81. The van der Waals surface area contributed by atoms with Crippen LogP contribution < -0.4 is 5.73 Å². The molecule has 0 rings (SSSR count). The monoisotopic (exact) mass is 148 g/mol. The van der Waals surface area contributed by atoms with E-state index in [1.165, 1.54) is 0 Å². The molecule has 3 heteroatoms. The van der Waals surface area contributed by atoms with Crippen molar-refractivity contribution in [2.45, 2.75) is 19.9 Å². The summed E-state index contributed by atoms with van der Waals surface area (Å²) in [6.07, 6.45) is 0. The number of hydrogen-bond acceptors (Lipinski definition) is 2. The van der Waals surface area contributed by atoms with Gasteiger partial charge >= 0.3 is 0 Å². The SMILES string of the molecule is CC(C)N(CCN)CCF. The molecule has 2 nitrogen and oxygen atoms in total. The highest BCUT2D eigenvalue weighted by atomic mass is 19.1. The van der Waals surface area contributed by atoms with Gasteiger partial charge in [0.1, 0.15) is 6.67 Å². The van der Waals surface area contributed by atoms with E-state index in [0.717, 1.165) is 6.54 Å². The minimum atomic E-state index is -0.280. The molecule has 0 amide bonds. The first-order valence-corrected chi connectivity index (χ1v) is 3.72. The van der Waals surface area contributed by atoms with Crippen LogP contribution in [0.15, 0.2) is 0 Å². The molecule has 0 saturated carbocycles. The Hall–Kier alpha value is -0.150. The van der Waals surface area contributed by atoms with Gasteiger partial charge in [-0.3, -0.25) is 4.90 Å². The van der Waals surface area contributed by atoms with Gasteiger partial charge in [0.15, 0.2) is 0 Å². The molecule has 0 aliphatic rings. The lowest BCUT2D eigenvalue weighted by atomic mass is 10.3. The average molecular weight is 148 g/mol. The van der Waals surface area contributed by atoms with Crippen molar-refractivity contribution >= 4 is 0 Å². The summed E-state index contributed by atoms with van der Waals surface area (Å²) in [4.78, 5) is 2.03. The summed E-state index contributed by atoms with van der Waals surface area (Å²) in [6.45, 7) is 5.73. The van der Waals surface area contributed by atoms with Gasteiger partial charge < -0.3 is 5.73 Å². The lowest BCUT2D eigenvalue weighted by Crippen LogP contribution is -2.36. The molecular weight excluding hydrogens is 131 g/mol. The summed E-state index contributed by atoms with van der Waals surface area (Å²) >= 11 is 0. The highest BCUT2D eigenvalue weighted by Gasteiger charge is 2.06. The van der Waals surface area contributed by atoms with Crippen LogP contribution in [-0.4, -0.2) is 37.3 Å².